The van der Waals surface area contributed by atoms with Crippen LogP contribution in [0.25, 0.3) is 0 Å². The van der Waals surface area contributed by atoms with E-state index in [1.54, 1.807) is 0 Å². The van der Waals surface area contributed by atoms with E-state index in [4.69, 9.17) is 11.6 Å². The highest BCUT2D eigenvalue weighted by Crippen LogP contribution is 2.28. The lowest BCUT2D eigenvalue weighted by molar-refractivity contribution is 0.172. The van der Waals surface area contributed by atoms with Gasteiger partial charge in [0.2, 0.25) is 0 Å². The number of aliphatic hydroxyl groups is 1. The zero-order valence-corrected chi connectivity index (χ0v) is 9.59. The first kappa shape index (κ1) is 10.8. The van der Waals surface area contributed by atoms with Gasteiger partial charge in [0.05, 0.1) is 22.9 Å². The molecule has 1 aliphatic rings. The van der Waals surface area contributed by atoms with Gasteiger partial charge in [-0.1, -0.05) is 17.7 Å². The lowest BCUT2D eigenvalue weighted by Gasteiger charge is -2.18. The maximum atomic E-state index is 9.69. The molecule has 2 rings (SSSR count). The molecular formula is C12H16ClNO. The molecule has 82 valence electrons. The van der Waals surface area contributed by atoms with Crippen LogP contribution >= 0.6 is 11.6 Å². The molecule has 0 aliphatic heterocycles. The summed E-state index contributed by atoms with van der Waals surface area (Å²) in [5.41, 5.74) is 2.07. The Labute approximate surface area is 95.3 Å². The van der Waals surface area contributed by atoms with E-state index in [2.05, 4.69) is 5.32 Å². The topological polar surface area (TPSA) is 32.3 Å². The maximum absolute atomic E-state index is 9.69. The first-order valence-electron chi connectivity index (χ1n) is 5.37. The molecule has 1 fully saturated rings. The van der Waals surface area contributed by atoms with E-state index >= 15 is 0 Å². The summed E-state index contributed by atoms with van der Waals surface area (Å²) >= 11 is 6.11. The third kappa shape index (κ3) is 2.44. The molecule has 0 aromatic heterocycles. The molecule has 0 bridgehead atoms. The van der Waals surface area contributed by atoms with Gasteiger partial charge in [-0.2, -0.15) is 0 Å². The Balaban J connectivity index is 2.10. The fourth-order valence-corrected chi connectivity index (χ4v) is 2.34. The summed E-state index contributed by atoms with van der Waals surface area (Å²) in [6, 6.07) is 6.09. The molecule has 1 aromatic rings. The molecule has 0 amide bonds. The van der Waals surface area contributed by atoms with Crippen molar-refractivity contribution in [2.24, 2.45) is 0 Å². The van der Waals surface area contributed by atoms with Gasteiger partial charge < -0.3 is 10.4 Å². The number of aliphatic hydroxyl groups excluding tert-OH is 1. The predicted octanol–water partition coefficient (Wildman–Crippen LogP) is 2.97. The SMILES string of the molecule is Cc1ccc(NC2CCCC2O)c(Cl)c1. The summed E-state index contributed by atoms with van der Waals surface area (Å²) in [6.07, 6.45) is 2.76. The third-order valence-corrected chi connectivity index (χ3v) is 3.26. The highest BCUT2D eigenvalue weighted by atomic mass is 35.5. The van der Waals surface area contributed by atoms with Gasteiger partial charge in [-0.3, -0.25) is 0 Å². The molecule has 1 saturated carbocycles. The molecule has 2 nitrogen and oxygen atoms in total. The van der Waals surface area contributed by atoms with Crippen LogP contribution in [0.3, 0.4) is 0 Å². The van der Waals surface area contributed by atoms with E-state index in [1.165, 1.54) is 0 Å². The minimum absolute atomic E-state index is 0.158. The Morgan fingerprint density at radius 1 is 1.40 bits per heavy atom. The van der Waals surface area contributed by atoms with Crippen LogP contribution in [-0.2, 0) is 0 Å². The number of hydrogen-bond donors (Lipinski definition) is 2. The van der Waals surface area contributed by atoms with Gasteiger partial charge in [-0.15, -0.1) is 0 Å². The summed E-state index contributed by atoms with van der Waals surface area (Å²) in [5.74, 6) is 0. The number of rotatable bonds is 2. The fourth-order valence-electron chi connectivity index (χ4n) is 2.05. The van der Waals surface area contributed by atoms with Gasteiger partial charge in [-0.25, -0.2) is 0 Å². The predicted molar refractivity (Wildman–Crippen MR) is 63.5 cm³/mol. The van der Waals surface area contributed by atoms with E-state index in [-0.39, 0.29) is 12.1 Å². The first-order chi connectivity index (χ1) is 7.16. The molecule has 3 heteroatoms. The highest BCUT2D eigenvalue weighted by Gasteiger charge is 2.25. The summed E-state index contributed by atoms with van der Waals surface area (Å²) in [6.45, 7) is 2.01. The van der Waals surface area contributed by atoms with Crippen molar-refractivity contribution >= 4 is 17.3 Å². The molecule has 2 N–H and O–H groups in total. The maximum Gasteiger partial charge on any atom is 0.0741 e. The smallest absolute Gasteiger partial charge is 0.0741 e. The molecule has 0 saturated heterocycles. The van der Waals surface area contributed by atoms with E-state index in [0.717, 1.165) is 35.5 Å². The van der Waals surface area contributed by atoms with Gasteiger partial charge in [0.15, 0.2) is 0 Å². The average Bonchev–Trinajstić information content (AvgIpc) is 2.57. The standard InChI is InChI=1S/C12H16ClNO/c1-8-5-6-10(9(13)7-8)14-11-3-2-4-12(11)15/h5-7,11-12,14-15H,2-4H2,1H3. The van der Waals surface area contributed by atoms with E-state index in [0.29, 0.717) is 0 Å². The number of halogens is 1. The number of anilines is 1. The van der Waals surface area contributed by atoms with E-state index in [1.807, 2.05) is 25.1 Å². The third-order valence-electron chi connectivity index (χ3n) is 2.94. The van der Waals surface area contributed by atoms with Gasteiger partial charge in [0.25, 0.3) is 0 Å². The summed E-state index contributed by atoms with van der Waals surface area (Å²) in [7, 11) is 0. The summed E-state index contributed by atoms with van der Waals surface area (Å²) in [5, 5.41) is 13.7. The molecule has 2 atom stereocenters. The van der Waals surface area contributed by atoms with Gasteiger partial charge >= 0.3 is 0 Å². The molecule has 15 heavy (non-hydrogen) atoms. The number of hydrogen-bond acceptors (Lipinski definition) is 2. The van der Waals surface area contributed by atoms with Crippen molar-refractivity contribution in [3.05, 3.63) is 28.8 Å². The normalized spacial score (nSPS) is 25.5. The molecular weight excluding hydrogens is 210 g/mol. The Kier molecular flexibility index (Phi) is 3.17. The fraction of sp³-hybridized carbons (Fsp3) is 0.500. The van der Waals surface area contributed by atoms with Gasteiger partial charge in [0.1, 0.15) is 0 Å². The Bertz CT molecular complexity index is 353. The van der Waals surface area contributed by atoms with Crippen LogP contribution in [-0.4, -0.2) is 17.3 Å². The van der Waals surface area contributed by atoms with Crippen LogP contribution in [0.2, 0.25) is 5.02 Å². The van der Waals surface area contributed by atoms with Crippen molar-refractivity contribution in [3.8, 4) is 0 Å². The van der Waals surface area contributed by atoms with Crippen LogP contribution in [0.4, 0.5) is 5.69 Å². The lowest BCUT2D eigenvalue weighted by atomic mass is 10.1. The van der Waals surface area contributed by atoms with Crippen molar-refractivity contribution in [2.75, 3.05) is 5.32 Å². The van der Waals surface area contributed by atoms with Crippen molar-refractivity contribution in [2.45, 2.75) is 38.3 Å². The zero-order valence-electron chi connectivity index (χ0n) is 8.83. The highest BCUT2D eigenvalue weighted by molar-refractivity contribution is 6.33. The first-order valence-corrected chi connectivity index (χ1v) is 5.75. The van der Waals surface area contributed by atoms with Crippen LogP contribution < -0.4 is 5.32 Å². The monoisotopic (exact) mass is 225 g/mol. The van der Waals surface area contributed by atoms with Crippen LogP contribution in [0.1, 0.15) is 24.8 Å². The summed E-state index contributed by atoms with van der Waals surface area (Å²) < 4.78 is 0. The minimum Gasteiger partial charge on any atom is -0.391 e. The zero-order chi connectivity index (χ0) is 10.8. The van der Waals surface area contributed by atoms with Crippen molar-refractivity contribution < 1.29 is 5.11 Å². The molecule has 1 aromatic carbocycles. The second-order valence-corrected chi connectivity index (χ2v) is 4.64. The number of aryl methyl sites for hydroxylation is 1. The molecule has 0 radical (unpaired) electrons. The molecule has 2 unspecified atom stereocenters. The second-order valence-electron chi connectivity index (χ2n) is 4.23. The molecule has 1 aliphatic carbocycles. The molecule has 0 heterocycles. The van der Waals surface area contributed by atoms with Crippen LogP contribution in [0.15, 0.2) is 18.2 Å². The quantitative estimate of drug-likeness (QED) is 0.811. The number of benzene rings is 1. The summed E-state index contributed by atoms with van der Waals surface area (Å²) in [4.78, 5) is 0. The average molecular weight is 226 g/mol. The largest absolute Gasteiger partial charge is 0.391 e. The van der Waals surface area contributed by atoms with Crippen molar-refractivity contribution in [1.82, 2.24) is 0 Å². The van der Waals surface area contributed by atoms with E-state index in [9.17, 15) is 5.11 Å². The minimum atomic E-state index is -0.234. The number of nitrogens with one attached hydrogen (secondary N) is 1. The van der Waals surface area contributed by atoms with Crippen LogP contribution in [0, 0.1) is 6.92 Å². The van der Waals surface area contributed by atoms with Crippen molar-refractivity contribution in [3.63, 3.8) is 0 Å². The molecule has 0 spiro atoms. The Morgan fingerprint density at radius 2 is 2.20 bits per heavy atom. The van der Waals surface area contributed by atoms with Crippen molar-refractivity contribution in [1.29, 1.82) is 0 Å². The second kappa shape index (κ2) is 4.42. The van der Waals surface area contributed by atoms with Crippen LogP contribution in [0.5, 0.6) is 0 Å². The Hall–Kier alpha value is -0.730. The van der Waals surface area contributed by atoms with Gasteiger partial charge in [-0.05, 0) is 43.9 Å². The Morgan fingerprint density at radius 3 is 2.80 bits per heavy atom. The van der Waals surface area contributed by atoms with Gasteiger partial charge in [0, 0.05) is 0 Å². The lowest BCUT2D eigenvalue weighted by Crippen LogP contribution is -2.27. The van der Waals surface area contributed by atoms with E-state index < -0.39 is 0 Å².